The summed E-state index contributed by atoms with van der Waals surface area (Å²) in [5.74, 6) is 0. The van der Waals surface area contributed by atoms with E-state index in [9.17, 15) is 0 Å². The third kappa shape index (κ3) is 33.0. The number of para-hydroxylation sites is 4. The largest absolute Gasteiger partial charge is 0.255 e. The van der Waals surface area contributed by atoms with Crippen molar-refractivity contribution in [3.8, 4) is 0 Å². The Morgan fingerprint density at radius 3 is 1.07 bits per heavy atom. The van der Waals surface area contributed by atoms with Gasteiger partial charge in [-0.05, 0) is 180 Å². The highest BCUT2D eigenvalue weighted by Crippen LogP contribution is 2.30. The minimum Gasteiger partial charge on any atom is -0.255 e. The summed E-state index contributed by atoms with van der Waals surface area (Å²) in [4.78, 5) is 62.0. The summed E-state index contributed by atoms with van der Waals surface area (Å²) in [7, 11) is 0. The molecule has 0 radical (unpaired) electrons. The highest BCUT2D eigenvalue weighted by molar-refractivity contribution is 6.08. The van der Waals surface area contributed by atoms with Crippen molar-refractivity contribution >= 4 is 153 Å². The van der Waals surface area contributed by atoms with Gasteiger partial charge in [-0.1, -0.05) is 314 Å². The number of aromatic nitrogens is 14. The van der Waals surface area contributed by atoms with Crippen molar-refractivity contribution in [3.63, 3.8) is 0 Å². The maximum Gasteiger partial charge on any atom is 0.0965 e. The predicted molar refractivity (Wildman–Crippen MR) is 591 cm³/mol. The molecule has 14 heteroatoms. The van der Waals surface area contributed by atoms with Gasteiger partial charge in [0.15, 0.2) is 0 Å². The van der Waals surface area contributed by atoms with Crippen LogP contribution in [0.2, 0.25) is 0 Å². The molecule has 0 saturated carbocycles. The third-order valence-corrected chi connectivity index (χ3v) is 18.3. The molecule has 0 N–H and O–H groups in total. The van der Waals surface area contributed by atoms with E-state index in [0.29, 0.717) is 0 Å². The van der Waals surface area contributed by atoms with Crippen LogP contribution >= 0.6 is 0 Å². The first-order valence-corrected chi connectivity index (χ1v) is 48.6. The molecule has 0 atom stereocenters. The van der Waals surface area contributed by atoms with E-state index in [1.807, 2.05) is 410 Å². The molecule has 0 aliphatic rings. The molecule has 0 spiro atoms. The Balaban J connectivity index is 0.000000742. The van der Waals surface area contributed by atoms with Crippen LogP contribution in [-0.4, -0.2) is 69.8 Å². The van der Waals surface area contributed by atoms with E-state index >= 15 is 0 Å². The lowest BCUT2D eigenvalue weighted by molar-refractivity contribution is 1.27. The van der Waals surface area contributed by atoms with Crippen molar-refractivity contribution < 1.29 is 0 Å². The molecule has 0 aliphatic carbocycles. The van der Waals surface area contributed by atoms with Gasteiger partial charge in [-0.3, -0.25) is 69.8 Å². The van der Waals surface area contributed by atoms with Gasteiger partial charge in [-0.15, -0.1) is 0 Å². The van der Waals surface area contributed by atoms with Gasteiger partial charge in [0.25, 0.3) is 0 Å². The van der Waals surface area contributed by atoms with E-state index in [2.05, 4.69) is 201 Å². The van der Waals surface area contributed by atoms with Gasteiger partial charge in [0.1, 0.15) is 0 Å². The molecular formula is C119H154N14. The molecule has 14 heterocycles. The van der Waals surface area contributed by atoms with Crippen LogP contribution in [0.5, 0.6) is 0 Å². The van der Waals surface area contributed by atoms with Crippen LogP contribution in [0.15, 0.2) is 299 Å². The molecule has 14 aromatic heterocycles. The number of pyridine rings is 14. The zero-order valence-corrected chi connectivity index (χ0v) is 87.1. The standard InChI is InChI=1S/7C13H10N2.14C2H6/c1-9-4-2-6-11-12(9)15-8-10-5-3-7-14-13(10)11;1-9-4-5-11-10(7-9)8-15-12-3-2-6-14-13(11)12;1-9-4-5-10-8-15-12-3-2-6-14-13(12)11(10)7-9;1-9-4-5-11-12(7-9)15-8-10-3-2-6-14-13(10)11;1-9-10-6-4-8-14-13(10)11-5-2-3-7-12(11)15-9;1-9-6-10-8-14-12-5-3-2-4-11(12)13(10)15-7-9;1-9-6-7-14-13-10-4-2-3-5-12(10)15-8-11(9)13;14*1-2/h7*2-8H,1H3;14*1-2H3. The normalized spacial score (nSPS) is 9.32. The van der Waals surface area contributed by atoms with E-state index in [0.717, 1.165) is 148 Å². The molecule has 0 unspecified atom stereocenters. The van der Waals surface area contributed by atoms with Gasteiger partial charge in [0.05, 0.1) is 77.2 Å². The Bertz CT molecular complexity index is 6320. The lowest BCUT2D eigenvalue weighted by Crippen LogP contribution is -1.89. The summed E-state index contributed by atoms with van der Waals surface area (Å²) < 4.78 is 0. The van der Waals surface area contributed by atoms with E-state index in [1.54, 1.807) is 0 Å². The van der Waals surface area contributed by atoms with Crippen LogP contribution in [0.4, 0.5) is 0 Å². The first-order chi connectivity index (χ1) is 65.5. The summed E-state index contributed by atoms with van der Waals surface area (Å²) >= 11 is 0. The summed E-state index contributed by atoms with van der Waals surface area (Å²) in [6.45, 7) is 70.5. The molecule has 14 nitrogen and oxygen atoms in total. The van der Waals surface area contributed by atoms with E-state index in [-0.39, 0.29) is 0 Å². The average molecular weight is 1780 g/mol. The molecule has 133 heavy (non-hydrogen) atoms. The monoisotopic (exact) mass is 1780 g/mol. The average Bonchev–Trinajstić information content (AvgIpc) is 0.810. The molecule has 0 aliphatic heterocycles. The summed E-state index contributed by atoms with van der Waals surface area (Å²) in [5.41, 5.74) is 22.5. The van der Waals surface area contributed by atoms with E-state index in [1.165, 1.54) is 44.2 Å². The maximum atomic E-state index is 4.56. The molecular weight excluding hydrogens is 1630 g/mol. The molecule has 21 rings (SSSR count). The number of benzene rings is 7. The van der Waals surface area contributed by atoms with Crippen molar-refractivity contribution in [1.82, 2.24) is 69.8 Å². The first-order valence-electron chi connectivity index (χ1n) is 48.6. The quantitative estimate of drug-likeness (QED) is 0.131. The van der Waals surface area contributed by atoms with Gasteiger partial charge < -0.3 is 0 Å². The van der Waals surface area contributed by atoms with Crippen molar-refractivity contribution in [3.05, 3.63) is 338 Å². The van der Waals surface area contributed by atoms with E-state index < -0.39 is 0 Å². The fourth-order valence-electron chi connectivity index (χ4n) is 13.1. The second kappa shape index (κ2) is 68.4. The Hall–Kier alpha value is -13.7. The Morgan fingerprint density at radius 1 is 0.150 bits per heavy atom. The second-order valence-electron chi connectivity index (χ2n) is 25.8. The van der Waals surface area contributed by atoms with Crippen LogP contribution in [0.25, 0.3) is 153 Å². The number of rotatable bonds is 0. The Morgan fingerprint density at radius 2 is 0.496 bits per heavy atom. The SMILES string of the molecule is CC.CC.CC.CC.CC.CC.CC.CC.CC.CC.CC.CC.CC.CC.Cc1ccc2c(c1)ncc1cccnc12.Cc1ccc2c(cnc3cccnc32)c1.Cc1ccc2cnc3cccnc3c2c1.Cc1cccc2c1ncc1cccnc12.Cc1ccnc2c1cnc1ccccc12.Cc1cnc2c(cnc3ccccc32)c1.Cc1nc2ccccc2c2ncccc12. The Labute approximate surface area is 797 Å². The van der Waals surface area contributed by atoms with Gasteiger partial charge in [0.2, 0.25) is 0 Å². The number of nitrogens with zero attached hydrogens (tertiary/aromatic N) is 14. The number of hydrogen-bond acceptors (Lipinski definition) is 14. The number of hydrogen-bond donors (Lipinski definition) is 0. The van der Waals surface area contributed by atoms with Gasteiger partial charge >= 0.3 is 0 Å². The molecule has 0 bridgehead atoms. The zero-order valence-electron chi connectivity index (χ0n) is 87.1. The van der Waals surface area contributed by atoms with Gasteiger partial charge in [0, 0.05) is 162 Å². The van der Waals surface area contributed by atoms with Crippen LogP contribution in [0, 0.1) is 48.5 Å². The fourth-order valence-corrected chi connectivity index (χ4v) is 13.1. The maximum absolute atomic E-state index is 4.56. The van der Waals surface area contributed by atoms with Crippen molar-refractivity contribution in [1.29, 1.82) is 0 Å². The Kier molecular flexibility index (Phi) is 60.3. The molecule has 0 saturated heterocycles. The summed E-state index contributed by atoms with van der Waals surface area (Å²) in [6.07, 6.45) is 24.2. The second-order valence-corrected chi connectivity index (χ2v) is 25.8. The van der Waals surface area contributed by atoms with Crippen molar-refractivity contribution in [2.75, 3.05) is 0 Å². The third-order valence-electron chi connectivity index (χ3n) is 18.3. The van der Waals surface area contributed by atoms with Crippen molar-refractivity contribution in [2.24, 2.45) is 0 Å². The van der Waals surface area contributed by atoms with E-state index in [4.69, 9.17) is 0 Å². The van der Waals surface area contributed by atoms with Gasteiger partial charge in [-0.25, -0.2) is 0 Å². The predicted octanol–water partition coefficient (Wildman–Crippen LogP) is 36.0. The van der Waals surface area contributed by atoms with Crippen LogP contribution in [0.1, 0.15) is 233 Å². The molecule has 0 fully saturated rings. The van der Waals surface area contributed by atoms with Gasteiger partial charge in [-0.2, -0.15) is 0 Å². The lowest BCUT2D eigenvalue weighted by Gasteiger charge is -2.04. The number of aryl methyl sites for hydroxylation is 7. The smallest absolute Gasteiger partial charge is 0.0965 e. The molecule has 700 valence electrons. The lowest BCUT2D eigenvalue weighted by atomic mass is 10.1. The van der Waals surface area contributed by atoms with Crippen LogP contribution in [0.3, 0.4) is 0 Å². The molecule has 7 aromatic carbocycles. The minimum absolute atomic E-state index is 0.953. The fraction of sp³-hybridized carbons (Fsp3) is 0.294. The zero-order chi connectivity index (χ0) is 99.8. The van der Waals surface area contributed by atoms with Crippen LogP contribution < -0.4 is 0 Å². The molecule has 21 aromatic rings. The topological polar surface area (TPSA) is 180 Å². The summed E-state index contributed by atoms with van der Waals surface area (Å²) in [5, 5.41) is 15.8. The minimum atomic E-state index is 0.953. The highest BCUT2D eigenvalue weighted by Gasteiger charge is 2.10. The highest BCUT2D eigenvalue weighted by atomic mass is 14.8. The summed E-state index contributed by atoms with van der Waals surface area (Å²) in [6, 6.07) is 73.4. The van der Waals surface area contributed by atoms with Crippen molar-refractivity contribution in [2.45, 2.75) is 242 Å². The first kappa shape index (κ1) is 117. The van der Waals surface area contributed by atoms with Crippen LogP contribution in [-0.2, 0) is 0 Å². The number of fused-ring (bicyclic) bond motifs is 21. The molecule has 0 amide bonds.